The maximum Gasteiger partial charge on any atom is 0.395 e. The van der Waals surface area contributed by atoms with Crippen molar-refractivity contribution in [3.8, 4) is 0 Å². The molecule has 0 aliphatic carbocycles. The van der Waals surface area contributed by atoms with Gasteiger partial charge in [0.05, 0.1) is 7.11 Å². The first-order valence-electron chi connectivity index (χ1n) is 2.61. The summed E-state index contributed by atoms with van der Waals surface area (Å²) < 4.78 is 0. The molecular formula is C5H9NO5. The molecule has 0 aromatic heterocycles. The Bertz CT molecular complexity index is 161. The summed E-state index contributed by atoms with van der Waals surface area (Å²) in [4.78, 5) is 14.7. The molecule has 0 radical (unpaired) electrons. The summed E-state index contributed by atoms with van der Waals surface area (Å²) in [6, 6.07) is 0. The number of amides is 1. The minimum atomic E-state index is -3.32. The van der Waals surface area contributed by atoms with Crippen LogP contribution in [0.1, 0.15) is 0 Å². The summed E-state index contributed by atoms with van der Waals surface area (Å²) in [5.74, 6) is -0.972. The molecule has 0 aromatic rings. The van der Waals surface area contributed by atoms with Gasteiger partial charge in [-0.2, -0.15) is 0 Å². The number of hydrogen-bond acceptors (Lipinski definition) is 5. The Morgan fingerprint density at radius 1 is 1.64 bits per heavy atom. The van der Waals surface area contributed by atoms with Crippen LogP contribution < -0.4 is 0 Å². The minimum Gasteiger partial charge on any atom is -0.323 e. The number of rotatable bonds is 3. The molecule has 0 aromatic carbocycles. The van der Waals surface area contributed by atoms with Gasteiger partial charge >= 0.3 is 6.10 Å². The first-order valence-corrected chi connectivity index (χ1v) is 2.61. The van der Waals surface area contributed by atoms with Crippen molar-refractivity contribution in [2.45, 2.75) is 6.10 Å². The Kier molecular flexibility index (Phi) is 3.15. The van der Waals surface area contributed by atoms with E-state index in [9.17, 15) is 4.79 Å². The Hall–Kier alpha value is -0.950. The molecule has 0 unspecified atom stereocenters. The summed E-state index contributed by atoms with van der Waals surface area (Å²) in [7, 11) is 0.985. The summed E-state index contributed by atoms with van der Waals surface area (Å²) >= 11 is 0. The van der Waals surface area contributed by atoms with Crippen LogP contribution in [0.5, 0.6) is 0 Å². The van der Waals surface area contributed by atoms with Crippen molar-refractivity contribution in [2.24, 2.45) is 0 Å². The Labute approximate surface area is 62.9 Å². The maximum atomic E-state index is 10.6. The zero-order chi connectivity index (χ0) is 9.07. The van der Waals surface area contributed by atoms with E-state index in [-0.39, 0.29) is 5.06 Å². The zero-order valence-electron chi connectivity index (χ0n) is 5.89. The molecule has 11 heavy (non-hydrogen) atoms. The van der Waals surface area contributed by atoms with Crippen molar-refractivity contribution >= 4 is 5.91 Å². The first-order chi connectivity index (χ1) is 4.93. The molecular weight excluding hydrogens is 154 g/mol. The van der Waals surface area contributed by atoms with Gasteiger partial charge in [-0.1, -0.05) is 6.58 Å². The fourth-order valence-electron chi connectivity index (χ4n) is 0.443. The van der Waals surface area contributed by atoms with Gasteiger partial charge in [-0.05, 0) is 6.08 Å². The molecule has 1 amide bonds. The van der Waals surface area contributed by atoms with E-state index in [4.69, 9.17) is 15.3 Å². The summed E-state index contributed by atoms with van der Waals surface area (Å²) in [6.45, 7) is 3.04. The van der Waals surface area contributed by atoms with Crippen molar-refractivity contribution in [3.63, 3.8) is 0 Å². The number of carbonyl (C=O) groups excluding carboxylic acids is 1. The molecule has 0 heterocycles. The molecule has 3 N–H and O–H groups in total. The van der Waals surface area contributed by atoms with Crippen LogP contribution in [0.4, 0.5) is 0 Å². The summed E-state index contributed by atoms with van der Waals surface area (Å²) in [5, 5.41) is 25.2. The van der Waals surface area contributed by atoms with Crippen molar-refractivity contribution < 1.29 is 25.0 Å². The van der Waals surface area contributed by atoms with Gasteiger partial charge in [-0.3, -0.25) is 9.63 Å². The highest BCUT2D eigenvalue weighted by Crippen LogP contribution is 2.04. The number of hydroxylamine groups is 2. The predicted molar refractivity (Wildman–Crippen MR) is 33.4 cm³/mol. The lowest BCUT2D eigenvalue weighted by atomic mass is 10.6. The van der Waals surface area contributed by atoms with Gasteiger partial charge in [0.25, 0.3) is 5.91 Å². The van der Waals surface area contributed by atoms with E-state index in [0.717, 1.165) is 13.2 Å². The van der Waals surface area contributed by atoms with Gasteiger partial charge in [0, 0.05) is 0 Å². The van der Waals surface area contributed by atoms with Crippen molar-refractivity contribution in [2.75, 3.05) is 7.11 Å². The number of carbonyl (C=O) groups is 1. The standard InChI is InChI=1S/C5H9NO5/c1-3-4(7)6(11-2)5(8,9)10/h3,8-10H,1H2,2H3. The molecule has 0 saturated heterocycles. The molecule has 6 heteroatoms. The highest BCUT2D eigenvalue weighted by Gasteiger charge is 2.33. The van der Waals surface area contributed by atoms with E-state index in [1.807, 2.05) is 0 Å². The SMILES string of the molecule is C=CC(=O)N(OC)C(O)(O)O. The van der Waals surface area contributed by atoms with E-state index in [1.165, 1.54) is 0 Å². The highest BCUT2D eigenvalue weighted by molar-refractivity contribution is 5.86. The van der Waals surface area contributed by atoms with Gasteiger partial charge in [0.2, 0.25) is 0 Å². The molecule has 0 aliphatic heterocycles. The van der Waals surface area contributed by atoms with Gasteiger partial charge < -0.3 is 15.3 Å². The third kappa shape index (κ3) is 2.64. The lowest BCUT2D eigenvalue weighted by Gasteiger charge is -2.25. The lowest BCUT2D eigenvalue weighted by molar-refractivity contribution is -0.446. The lowest BCUT2D eigenvalue weighted by Crippen LogP contribution is -2.50. The minimum absolute atomic E-state index is 0.0556. The molecule has 0 atom stereocenters. The molecule has 0 saturated carbocycles. The molecule has 0 bridgehead atoms. The van der Waals surface area contributed by atoms with E-state index >= 15 is 0 Å². The van der Waals surface area contributed by atoms with Crippen LogP contribution in [0, 0.1) is 0 Å². The van der Waals surface area contributed by atoms with Crippen LogP contribution in [0.2, 0.25) is 0 Å². The van der Waals surface area contributed by atoms with E-state index < -0.39 is 12.0 Å². The normalized spacial score (nSPS) is 10.9. The Morgan fingerprint density at radius 2 is 2.09 bits per heavy atom. The molecule has 0 fully saturated rings. The second-order valence-corrected chi connectivity index (χ2v) is 1.62. The fraction of sp³-hybridized carbons (Fsp3) is 0.400. The third-order valence-corrected chi connectivity index (χ3v) is 0.830. The first kappa shape index (κ1) is 10.0. The molecule has 6 nitrogen and oxygen atoms in total. The monoisotopic (exact) mass is 163 g/mol. The highest BCUT2D eigenvalue weighted by atomic mass is 16.8. The average Bonchev–Trinajstić information content (AvgIpc) is 1.86. The number of hydrogen-bond donors (Lipinski definition) is 3. The molecule has 0 rings (SSSR count). The van der Waals surface area contributed by atoms with Crippen LogP contribution in [0.25, 0.3) is 0 Å². The predicted octanol–water partition coefficient (Wildman–Crippen LogP) is -1.85. The van der Waals surface area contributed by atoms with Gasteiger partial charge in [0.1, 0.15) is 0 Å². The van der Waals surface area contributed by atoms with Crippen LogP contribution in [0.15, 0.2) is 12.7 Å². The smallest absolute Gasteiger partial charge is 0.323 e. The van der Waals surface area contributed by atoms with Crippen LogP contribution in [-0.2, 0) is 9.63 Å². The van der Waals surface area contributed by atoms with Crippen LogP contribution >= 0.6 is 0 Å². The second kappa shape index (κ2) is 3.44. The fourth-order valence-corrected chi connectivity index (χ4v) is 0.443. The Morgan fingerprint density at radius 3 is 2.18 bits per heavy atom. The van der Waals surface area contributed by atoms with E-state index in [2.05, 4.69) is 11.4 Å². The second-order valence-electron chi connectivity index (χ2n) is 1.62. The number of nitrogens with zero attached hydrogens (tertiary/aromatic N) is 1. The maximum absolute atomic E-state index is 10.6. The van der Waals surface area contributed by atoms with Crippen LogP contribution in [-0.4, -0.2) is 39.5 Å². The largest absolute Gasteiger partial charge is 0.395 e. The summed E-state index contributed by atoms with van der Waals surface area (Å²) in [5.41, 5.74) is 0. The van der Waals surface area contributed by atoms with Gasteiger partial charge in [0.15, 0.2) is 0 Å². The quantitative estimate of drug-likeness (QED) is 0.258. The molecule has 0 spiro atoms. The van der Waals surface area contributed by atoms with Crippen molar-refractivity contribution in [1.29, 1.82) is 0 Å². The zero-order valence-corrected chi connectivity index (χ0v) is 5.89. The average molecular weight is 163 g/mol. The summed E-state index contributed by atoms with van der Waals surface area (Å²) in [6.07, 6.45) is -2.57. The van der Waals surface area contributed by atoms with E-state index in [1.54, 1.807) is 0 Å². The molecule has 64 valence electrons. The van der Waals surface area contributed by atoms with Gasteiger partial charge in [-0.15, -0.1) is 5.06 Å². The Balaban J connectivity index is 4.41. The number of aliphatic hydroxyl groups is 3. The van der Waals surface area contributed by atoms with Crippen LogP contribution in [0.3, 0.4) is 0 Å². The van der Waals surface area contributed by atoms with E-state index in [0.29, 0.717) is 0 Å². The van der Waals surface area contributed by atoms with Crippen molar-refractivity contribution in [1.82, 2.24) is 5.06 Å². The van der Waals surface area contributed by atoms with Crippen molar-refractivity contribution in [3.05, 3.63) is 12.7 Å². The molecule has 0 aliphatic rings. The third-order valence-electron chi connectivity index (χ3n) is 0.830. The topological polar surface area (TPSA) is 90.2 Å². The van der Waals surface area contributed by atoms with Gasteiger partial charge in [-0.25, -0.2) is 0 Å².